The topological polar surface area (TPSA) is 70.1 Å². The zero-order valence-corrected chi connectivity index (χ0v) is 19.7. The van der Waals surface area contributed by atoms with Gasteiger partial charge in [0.2, 0.25) is 5.91 Å². The molecule has 162 valence electrons. The van der Waals surface area contributed by atoms with Crippen molar-refractivity contribution in [3.05, 3.63) is 64.5 Å². The lowest BCUT2D eigenvalue weighted by atomic mass is 9.71. The fourth-order valence-corrected chi connectivity index (χ4v) is 5.64. The maximum absolute atomic E-state index is 15.6. The summed E-state index contributed by atoms with van der Waals surface area (Å²) in [6, 6.07) is 13.1. The molecule has 1 aliphatic heterocycles. The smallest absolute Gasteiger partial charge is 0.228 e. The summed E-state index contributed by atoms with van der Waals surface area (Å²) in [6.45, 7) is 2.27. The van der Waals surface area contributed by atoms with Crippen LogP contribution in [0.1, 0.15) is 25.3 Å². The summed E-state index contributed by atoms with van der Waals surface area (Å²) in [5, 5.41) is 4.24. The SMILES string of the molecule is C[C@H]1C[C@@](C(N)=O)(c2cccc(Sc3ccc(-c4c(Br)cnn4C)cc3)c2F)CCO1. The predicted molar refractivity (Wildman–Crippen MR) is 122 cm³/mol. The van der Waals surface area contributed by atoms with Crippen LogP contribution in [0.15, 0.2) is 62.9 Å². The van der Waals surface area contributed by atoms with Crippen LogP contribution in [0.3, 0.4) is 0 Å². The number of rotatable bonds is 5. The fraction of sp³-hybridized carbons (Fsp3) is 0.304. The lowest BCUT2D eigenvalue weighted by molar-refractivity contribution is -0.129. The molecule has 0 spiro atoms. The molecule has 0 unspecified atom stereocenters. The molecule has 5 nitrogen and oxygen atoms in total. The van der Waals surface area contributed by atoms with Crippen LogP contribution in [0.5, 0.6) is 0 Å². The Bertz CT molecular complexity index is 1100. The average Bonchev–Trinajstić information content (AvgIpc) is 3.08. The molecule has 0 radical (unpaired) electrons. The fourth-order valence-electron chi connectivity index (χ4n) is 4.19. The number of hydrogen-bond acceptors (Lipinski definition) is 4. The van der Waals surface area contributed by atoms with Gasteiger partial charge in [-0.15, -0.1) is 0 Å². The van der Waals surface area contributed by atoms with Crippen molar-refractivity contribution in [3.63, 3.8) is 0 Å². The van der Waals surface area contributed by atoms with Gasteiger partial charge >= 0.3 is 0 Å². The van der Waals surface area contributed by atoms with Crippen molar-refractivity contribution in [1.29, 1.82) is 0 Å². The Kier molecular flexibility index (Phi) is 6.23. The van der Waals surface area contributed by atoms with Gasteiger partial charge in [-0.1, -0.05) is 36.0 Å². The molecule has 2 N–H and O–H groups in total. The van der Waals surface area contributed by atoms with Crippen molar-refractivity contribution in [2.75, 3.05) is 6.61 Å². The maximum atomic E-state index is 15.6. The number of ether oxygens (including phenoxy) is 1. The molecule has 3 aromatic rings. The van der Waals surface area contributed by atoms with Crippen LogP contribution >= 0.6 is 27.7 Å². The van der Waals surface area contributed by atoms with Gasteiger partial charge < -0.3 is 10.5 Å². The number of nitrogens with two attached hydrogens (primary N) is 1. The van der Waals surface area contributed by atoms with Crippen LogP contribution < -0.4 is 5.73 Å². The average molecular weight is 504 g/mol. The summed E-state index contributed by atoms with van der Waals surface area (Å²) in [6.07, 6.45) is 2.36. The zero-order valence-electron chi connectivity index (χ0n) is 17.3. The van der Waals surface area contributed by atoms with Gasteiger partial charge in [0.25, 0.3) is 0 Å². The van der Waals surface area contributed by atoms with Crippen molar-refractivity contribution in [1.82, 2.24) is 9.78 Å². The van der Waals surface area contributed by atoms with Gasteiger partial charge in [0.15, 0.2) is 0 Å². The van der Waals surface area contributed by atoms with Gasteiger partial charge in [-0.25, -0.2) is 4.39 Å². The van der Waals surface area contributed by atoms with Crippen LogP contribution in [-0.4, -0.2) is 28.4 Å². The van der Waals surface area contributed by atoms with Gasteiger partial charge in [0, 0.05) is 34.6 Å². The first kappa shape index (κ1) is 22.0. The van der Waals surface area contributed by atoms with Gasteiger partial charge in [0.1, 0.15) is 5.82 Å². The van der Waals surface area contributed by atoms with Gasteiger partial charge in [-0.3, -0.25) is 9.48 Å². The minimum absolute atomic E-state index is 0.157. The van der Waals surface area contributed by atoms with Gasteiger partial charge in [0.05, 0.1) is 27.9 Å². The lowest BCUT2D eigenvalue weighted by Crippen LogP contribution is -2.48. The first-order valence-electron chi connectivity index (χ1n) is 9.98. The van der Waals surface area contributed by atoms with E-state index in [9.17, 15) is 4.79 Å². The highest BCUT2D eigenvalue weighted by Gasteiger charge is 2.44. The van der Waals surface area contributed by atoms with Crippen molar-refractivity contribution >= 4 is 33.6 Å². The largest absolute Gasteiger partial charge is 0.378 e. The van der Waals surface area contributed by atoms with E-state index in [4.69, 9.17) is 10.5 Å². The summed E-state index contributed by atoms with van der Waals surface area (Å²) in [5.41, 5.74) is 7.07. The number of aromatic nitrogens is 2. The number of primary amides is 1. The molecule has 1 fully saturated rings. The van der Waals surface area contributed by atoms with E-state index in [0.29, 0.717) is 29.9 Å². The molecule has 31 heavy (non-hydrogen) atoms. The number of aryl methyl sites for hydroxylation is 1. The highest BCUT2D eigenvalue weighted by atomic mass is 79.9. The van der Waals surface area contributed by atoms with E-state index < -0.39 is 11.3 Å². The van der Waals surface area contributed by atoms with Crippen molar-refractivity contribution in [3.8, 4) is 11.3 Å². The number of halogens is 2. The van der Waals surface area contributed by atoms with E-state index in [-0.39, 0.29) is 11.9 Å². The molecular weight excluding hydrogens is 481 g/mol. The standard InChI is InChI=1S/C23H23BrFN3O2S/c1-14-12-23(22(26)29,10-11-30-14)17-4-3-5-19(20(17)25)31-16-8-6-15(7-9-16)21-18(24)13-27-28(21)2/h3-9,13-14H,10-12H2,1-2H3,(H2,26,29)/t14-,23+/m0/s1. The van der Waals surface area contributed by atoms with Crippen LogP contribution in [0.4, 0.5) is 4.39 Å². The molecule has 8 heteroatoms. The molecule has 1 aliphatic rings. The van der Waals surface area contributed by atoms with Crippen LogP contribution in [0, 0.1) is 5.82 Å². The summed E-state index contributed by atoms with van der Waals surface area (Å²) >= 11 is 4.84. The Labute approximate surface area is 193 Å². The Morgan fingerprint density at radius 3 is 2.68 bits per heavy atom. The van der Waals surface area contributed by atoms with E-state index in [1.165, 1.54) is 11.8 Å². The van der Waals surface area contributed by atoms with Crippen molar-refractivity contribution in [2.24, 2.45) is 12.8 Å². The molecule has 0 bridgehead atoms. The van der Waals surface area contributed by atoms with E-state index >= 15 is 4.39 Å². The predicted octanol–water partition coefficient (Wildman–Crippen LogP) is 5.06. The quantitative estimate of drug-likeness (QED) is 0.528. The normalized spacial score (nSPS) is 21.2. The number of carbonyl (C=O) groups is 1. The van der Waals surface area contributed by atoms with Crippen LogP contribution in [0.2, 0.25) is 0 Å². The second-order valence-electron chi connectivity index (χ2n) is 7.79. The molecule has 2 atom stereocenters. The third-order valence-corrected chi connectivity index (χ3v) is 7.39. The third-order valence-electron chi connectivity index (χ3n) is 5.77. The number of amides is 1. The monoisotopic (exact) mass is 503 g/mol. The zero-order chi connectivity index (χ0) is 22.2. The molecule has 2 heterocycles. The first-order chi connectivity index (χ1) is 14.8. The van der Waals surface area contributed by atoms with Crippen LogP contribution in [0.25, 0.3) is 11.3 Å². The Morgan fingerprint density at radius 1 is 1.32 bits per heavy atom. The number of nitrogens with zero attached hydrogens (tertiary/aromatic N) is 2. The van der Waals surface area contributed by atoms with Crippen molar-refractivity contribution in [2.45, 2.75) is 41.1 Å². The molecule has 2 aromatic carbocycles. The Balaban J connectivity index is 1.64. The van der Waals surface area contributed by atoms with Crippen LogP contribution in [-0.2, 0) is 22.0 Å². The van der Waals surface area contributed by atoms with E-state index in [1.807, 2.05) is 38.2 Å². The highest BCUT2D eigenvalue weighted by molar-refractivity contribution is 9.10. The number of carbonyl (C=O) groups excluding carboxylic acids is 1. The molecule has 1 amide bonds. The number of benzene rings is 2. The highest BCUT2D eigenvalue weighted by Crippen LogP contribution is 2.42. The molecule has 0 aliphatic carbocycles. The van der Waals surface area contributed by atoms with Crippen molar-refractivity contribution < 1.29 is 13.9 Å². The minimum atomic E-state index is -1.05. The lowest BCUT2D eigenvalue weighted by Gasteiger charge is -2.38. The number of hydrogen-bond donors (Lipinski definition) is 1. The second-order valence-corrected chi connectivity index (χ2v) is 9.76. The molecule has 0 saturated carbocycles. The molecule has 1 aromatic heterocycles. The summed E-state index contributed by atoms with van der Waals surface area (Å²) < 4.78 is 23.9. The molecule has 1 saturated heterocycles. The summed E-state index contributed by atoms with van der Waals surface area (Å²) in [7, 11) is 1.88. The van der Waals surface area contributed by atoms with Gasteiger partial charge in [-0.2, -0.15) is 5.10 Å². The first-order valence-corrected chi connectivity index (χ1v) is 11.6. The van der Waals surface area contributed by atoms with Gasteiger partial charge in [-0.05, 0) is 53.9 Å². The van der Waals surface area contributed by atoms with E-state index in [1.54, 1.807) is 29.1 Å². The second kappa shape index (κ2) is 8.76. The molecule has 4 rings (SSSR count). The molecular formula is C23H23BrFN3O2S. The van der Waals surface area contributed by atoms with E-state index in [0.717, 1.165) is 20.6 Å². The Hall–Kier alpha value is -2.16. The summed E-state index contributed by atoms with van der Waals surface area (Å²) in [4.78, 5) is 13.8. The third kappa shape index (κ3) is 4.16. The minimum Gasteiger partial charge on any atom is -0.378 e. The summed E-state index contributed by atoms with van der Waals surface area (Å²) in [5.74, 6) is -0.895. The Morgan fingerprint density at radius 2 is 2.06 bits per heavy atom. The van der Waals surface area contributed by atoms with E-state index in [2.05, 4.69) is 21.0 Å². The maximum Gasteiger partial charge on any atom is 0.228 e.